The Labute approximate surface area is 65.6 Å². The first-order valence-corrected chi connectivity index (χ1v) is 4.49. The third kappa shape index (κ3) is 2.84. The van der Waals surface area contributed by atoms with Crippen molar-refractivity contribution in [3.8, 4) is 6.07 Å². The van der Waals surface area contributed by atoms with E-state index in [1.54, 1.807) is 6.07 Å². The third-order valence-electron chi connectivity index (χ3n) is 1.38. The highest BCUT2D eigenvalue weighted by Gasteiger charge is 2.27. The molecule has 0 amide bonds. The van der Waals surface area contributed by atoms with Crippen LogP contribution in [0.15, 0.2) is 0 Å². The zero-order valence-electron chi connectivity index (χ0n) is 6.06. The smallest absolute Gasteiger partial charge is 0.270 e. The molecule has 3 N–H and O–H groups in total. The van der Waals surface area contributed by atoms with E-state index in [4.69, 9.17) is 15.5 Å². The van der Waals surface area contributed by atoms with Crippen LogP contribution in [0, 0.1) is 17.2 Å². The van der Waals surface area contributed by atoms with Gasteiger partial charge in [0.15, 0.2) is 0 Å². The van der Waals surface area contributed by atoms with Gasteiger partial charge in [-0.3, -0.25) is 4.55 Å². The maximum absolute atomic E-state index is 10.5. The molecule has 0 bridgehead atoms. The van der Waals surface area contributed by atoms with Crippen molar-refractivity contribution < 1.29 is 13.0 Å². The first kappa shape index (κ1) is 10.4. The molecule has 0 spiro atoms. The van der Waals surface area contributed by atoms with E-state index in [-0.39, 0.29) is 6.54 Å². The van der Waals surface area contributed by atoms with Crippen molar-refractivity contribution in [2.24, 2.45) is 11.7 Å². The van der Waals surface area contributed by atoms with E-state index in [0.717, 1.165) is 0 Å². The lowest BCUT2D eigenvalue weighted by Gasteiger charge is -2.11. The summed E-state index contributed by atoms with van der Waals surface area (Å²) in [5.41, 5.74) is 5.05. The molecule has 0 saturated carbocycles. The molecular formula is C5H10N2O3S. The number of nitrogens with two attached hydrogens (primary N) is 1. The number of nitrogens with zero attached hydrogens (tertiary/aromatic N) is 1. The van der Waals surface area contributed by atoms with Crippen molar-refractivity contribution in [3.63, 3.8) is 0 Å². The summed E-state index contributed by atoms with van der Waals surface area (Å²) in [5.74, 6) is -0.782. The van der Waals surface area contributed by atoms with Gasteiger partial charge in [-0.15, -0.1) is 0 Å². The van der Waals surface area contributed by atoms with Crippen LogP contribution < -0.4 is 5.73 Å². The molecule has 0 aliphatic heterocycles. The van der Waals surface area contributed by atoms with E-state index in [1.807, 2.05) is 0 Å². The fourth-order valence-electron chi connectivity index (χ4n) is 0.667. The molecule has 11 heavy (non-hydrogen) atoms. The van der Waals surface area contributed by atoms with Crippen molar-refractivity contribution in [2.45, 2.75) is 12.2 Å². The van der Waals surface area contributed by atoms with Gasteiger partial charge in [-0.2, -0.15) is 13.7 Å². The normalized spacial score (nSPS) is 16.9. The first-order chi connectivity index (χ1) is 4.93. The zero-order chi connectivity index (χ0) is 9.07. The Morgan fingerprint density at radius 3 is 2.27 bits per heavy atom. The lowest BCUT2D eigenvalue weighted by Crippen LogP contribution is -2.34. The second kappa shape index (κ2) is 3.67. The van der Waals surface area contributed by atoms with Crippen LogP contribution in [0.2, 0.25) is 0 Å². The highest BCUT2D eigenvalue weighted by atomic mass is 32.2. The lowest BCUT2D eigenvalue weighted by molar-refractivity contribution is 0.453. The SMILES string of the molecule is CC(C#N)C(CN)S(=O)(=O)O. The van der Waals surface area contributed by atoms with E-state index in [0.29, 0.717) is 0 Å². The van der Waals surface area contributed by atoms with Gasteiger partial charge in [-0.05, 0) is 6.92 Å². The average molecular weight is 178 g/mol. The predicted molar refractivity (Wildman–Crippen MR) is 39.2 cm³/mol. The van der Waals surface area contributed by atoms with Gasteiger partial charge in [0.25, 0.3) is 10.1 Å². The monoisotopic (exact) mass is 178 g/mol. The summed E-state index contributed by atoms with van der Waals surface area (Å²) in [4.78, 5) is 0. The Morgan fingerprint density at radius 2 is 2.18 bits per heavy atom. The van der Waals surface area contributed by atoms with E-state index < -0.39 is 21.3 Å². The van der Waals surface area contributed by atoms with Crippen LogP contribution in [0.25, 0.3) is 0 Å². The Bertz CT molecular complexity index is 253. The largest absolute Gasteiger partial charge is 0.329 e. The van der Waals surface area contributed by atoms with Crippen molar-refractivity contribution >= 4 is 10.1 Å². The van der Waals surface area contributed by atoms with Gasteiger partial charge in [0.1, 0.15) is 5.25 Å². The molecule has 0 aromatic carbocycles. The van der Waals surface area contributed by atoms with Crippen LogP contribution in [-0.2, 0) is 10.1 Å². The van der Waals surface area contributed by atoms with Gasteiger partial charge in [0.05, 0.1) is 12.0 Å². The standard InChI is InChI=1S/C5H10N2O3S/c1-4(2-6)5(3-7)11(8,9)10/h4-5H,3,7H2,1H3,(H,8,9,10). The second-order valence-corrected chi connectivity index (χ2v) is 3.84. The van der Waals surface area contributed by atoms with Gasteiger partial charge in [0.2, 0.25) is 0 Å². The Morgan fingerprint density at radius 1 is 1.73 bits per heavy atom. The zero-order valence-corrected chi connectivity index (χ0v) is 6.87. The van der Waals surface area contributed by atoms with Crippen LogP contribution in [-0.4, -0.2) is 24.8 Å². The number of nitriles is 1. The van der Waals surface area contributed by atoms with Crippen LogP contribution in [0.3, 0.4) is 0 Å². The van der Waals surface area contributed by atoms with Gasteiger partial charge in [-0.1, -0.05) is 0 Å². The van der Waals surface area contributed by atoms with Gasteiger partial charge in [0, 0.05) is 6.54 Å². The summed E-state index contributed by atoms with van der Waals surface area (Å²) in [5, 5.41) is 7.14. The topological polar surface area (TPSA) is 104 Å². The lowest BCUT2D eigenvalue weighted by atomic mass is 10.1. The summed E-state index contributed by atoms with van der Waals surface area (Å²) in [6.45, 7) is 1.15. The van der Waals surface area contributed by atoms with Crippen LogP contribution in [0.1, 0.15) is 6.92 Å². The summed E-state index contributed by atoms with van der Waals surface area (Å²) in [6.07, 6.45) is 0. The summed E-state index contributed by atoms with van der Waals surface area (Å²) < 4.78 is 29.5. The molecule has 6 heteroatoms. The van der Waals surface area contributed by atoms with Gasteiger partial charge in [-0.25, -0.2) is 0 Å². The molecular weight excluding hydrogens is 168 g/mol. The van der Waals surface area contributed by atoms with E-state index >= 15 is 0 Å². The molecule has 64 valence electrons. The van der Waals surface area contributed by atoms with Crippen molar-refractivity contribution in [1.29, 1.82) is 5.26 Å². The molecule has 0 rings (SSSR count). The molecule has 0 fully saturated rings. The average Bonchev–Trinajstić information content (AvgIpc) is 1.86. The molecule has 0 aromatic rings. The molecule has 0 aliphatic rings. The quantitative estimate of drug-likeness (QED) is 0.559. The van der Waals surface area contributed by atoms with E-state index in [9.17, 15) is 8.42 Å². The van der Waals surface area contributed by atoms with Crippen LogP contribution >= 0.6 is 0 Å². The van der Waals surface area contributed by atoms with E-state index in [2.05, 4.69) is 0 Å². The van der Waals surface area contributed by atoms with Crippen molar-refractivity contribution in [2.75, 3.05) is 6.54 Å². The fraction of sp³-hybridized carbons (Fsp3) is 0.800. The highest BCUT2D eigenvalue weighted by molar-refractivity contribution is 7.86. The molecule has 2 atom stereocenters. The van der Waals surface area contributed by atoms with Crippen LogP contribution in [0.5, 0.6) is 0 Å². The second-order valence-electron chi connectivity index (χ2n) is 2.21. The summed E-state index contributed by atoms with van der Waals surface area (Å²) in [6, 6.07) is 1.70. The maximum atomic E-state index is 10.5. The Kier molecular flexibility index (Phi) is 3.45. The summed E-state index contributed by atoms with van der Waals surface area (Å²) in [7, 11) is -4.17. The molecule has 0 heterocycles. The van der Waals surface area contributed by atoms with Crippen molar-refractivity contribution in [3.05, 3.63) is 0 Å². The molecule has 0 radical (unpaired) electrons. The Balaban J connectivity index is 4.59. The molecule has 0 aliphatic carbocycles. The third-order valence-corrected chi connectivity index (χ3v) is 2.74. The number of rotatable bonds is 3. The molecule has 0 saturated heterocycles. The first-order valence-electron chi connectivity index (χ1n) is 2.99. The maximum Gasteiger partial charge on any atom is 0.270 e. The minimum Gasteiger partial charge on any atom is -0.329 e. The molecule has 5 nitrogen and oxygen atoms in total. The van der Waals surface area contributed by atoms with Gasteiger partial charge >= 0.3 is 0 Å². The number of hydrogen-bond donors (Lipinski definition) is 2. The minimum absolute atomic E-state index is 0.242. The number of hydrogen-bond acceptors (Lipinski definition) is 4. The predicted octanol–water partition coefficient (Wildman–Crippen LogP) is -0.639. The molecule has 0 aromatic heterocycles. The molecule has 2 unspecified atom stereocenters. The van der Waals surface area contributed by atoms with Gasteiger partial charge < -0.3 is 5.73 Å². The Hall–Kier alpha value is -0.640. The van der Waals surface area contributed by atoms with Crippen LogP contribution in [0.4, 0.5) is 0 Å². The summed E-state index contributed by atoms with van der Waals surface area (Å²) >= 11 is 0. The van der Waals surface area contributed by atoms with E-state index in [1.165, 1.54) is 6.92 Å². The minimum atomic E-state index is -4.17. The van der Waals surface area contributed by atoms with Crippen molar-refractivity contribution in [1.82, 2.24) is 0 Å². The fourth-order valence-corrected chi connectivity index (χ4v) is 1.49. The highest BCUT2D eigenvalue weighted by Crippen LogP contribution is 2.08.